The molecule has 0 saturated carbocycles. The van der Waals surface area contributed by atoms with Gasteiger partial charge in [0.25, 0.3) is 0 Å². The van der Waals surface area contributed by atoms with Gasteiger partial charge in [0.05, 0.1) is 17.6 Å². The quantitative estimate of drug-likeness (QED) is 0.785. The van der Waals surface area contributed by atoms with E-state index in [0.29, 0.717) is 18.5 Å². The predicted octanol–water partition coefficient (Wildman–Crippen LogP) is 1.39. The second-order valence-corrected chi connectivity index (χ2v) is 6.66. The van der Waals surface area contributed by atoms with Gasteiger partial charge in [0.1, 0.15) is 0 Å². The van der Waals surface area contributed by atoms with Crippen molar-refractivity contribution in [3.05, 3.63) is 35.4 Å². The van der Waals surface area contributed by atoms with Crippen LogP contribution in [-0.2, 0) is 16.4 Å². The lowest BCUT2D eigenvalue weighted by molar-refractivity contribution is 0.201. The Labute approximate surface area is 109 Å². The molecular weight excluding hydrogens is 250 g/mol. The molecule has 102 valence electrons. The number of sulfone groups is 1. The smallest absolute Gasteiger partial charge is 0.153 e. The van der Waals surface area contributed by atoms with Crippen LogP contribution in [0, 0.1) is 0 Å². The normalized spacial score (nSPS) is 13.5. The highest BCUT2D eigenvalue weighted by atomic mass is 32.2. The van der Waals surface area contributed by atoms with E-state index in [-0.39, 0.29) is 11.5 Å². The Hall–Kier alpha value is -0.910. The van der Waals surface area contributed by atoms with Crippen molar-refractivity contribution in [1.29, 1.82) is 0 Å². The topological polar surface area (TPSA) is 80.4 Å². The van der Waals surface area contributed by atoms with Crippen molar-refractivity contribution in [1.82, 2.24) is 0 Å². The highest BCUT2D eigenvalue weighted by Gasteiger charge is 2.18. The summed E-state index contributed by atoms with van der Waals surface area (Å²) >= 11 is 0. The molecule has 18 heavy (non-hydrogen) atoms. The van der Waals surface area contributed by atoms with Gasteiger partial charge in [-0.1, -0.05) is 37.6 Å². The fraction of sp³-hybridized carbons (Fsp3) is 0.538. The molecule has 1 aromatic carbocycles. The van der Waals surface area contributed by atoms with Crippen LogP contribution in [0.5, 0.6) is 0 Å². The van der Waals surface area contributed by atoms with Crippen molar-refractivity contribution in [3.63, 3.8) is 0 Å². The van der Waals surface area contributed by atoms with E-state index >= 15 is 0 Å². The minimum atomic E-state index is -3.18. The average molecular weight is 271 g/mol. The Morgan fingerprint density at radius 2 is 1.89 bits per heavy atom. The summed E-state index contributed by atoms with van der Waals surface area (Å²) in [5.41, 5.74) is 7.05. The van der Waals surface area contributed by atoms with Crippen molar-refractivity contribution in [2.75, 3.05) is 11.5 Å². The molecule has 0 radical (unpaired) electrons. The van der Waals surface area contributed by atoms with Gasteiger partial charge in [-0.25, -0.2) is 8.42 Å². The fourth-order valence-electron chi connectivity index (χ4n) is 1.66. The molecule has 0 aromatic heterocycles. The summed E-state index contributed by atoms with van der Waals surface area (Å²) in [6.07, 6.45) is 0.514. The summed E-state index contributed by atoms with van der Waals surface area (Å²) in [6.45, 7) is 2.38. The van der Waals surface area contributed by atoms with Crippen LogP contribution in [0.1, 0.15) is 37.0 Å². The minimum absolute atomic E-state index is 0.140. The molecule has 5 heteroatoms. The van der Waals surface area contributed by atoms with Crippen molar-refractivity contribution in [2.45, 2.75) is 32.4 Å². The van der Waals surface area contributed by atoms with Gasteiger partial charge in [-0.3, -0.25) is 0 Å². The van der Waals surface area contributed by atoms with Crippen molar-refractivity contribution in [2.24, 2.45) is 5.73 Å². The number of rotatable bonds is 7. The van der Waals surface area contributed by atoms with Crippen molar-refractivity contribution < 1.29 is 13.5 Å². The van der Waals surface area contributed by atoms with Crippen molar-refractivity contribution in [3.8, 4) is 0 Å². The molecule has 3 N–H and O–H groups in total. The SMILES string of the molecule is CCCCS(=O)(=O)CC(O)c1ccc(CN)cc1. The molecule has 1 unspecified atom stereocenters. The molecule has 0 aliphatic rings. The molecule has 0 amide bonds. The van der Waals surface area contributed by atoms with E-state index in [1.54, 1.807) is 24.3 Å². The van der Waals surface area contributed by atoms with Gasteiger partial charge >= 0.3 is 0 Å². The maximum Gasteiger partial charge on any atom is 0.153 e. The summed E-state index contributed by atoms with van der Waals surface area (Å²) in [7, 11) is -3.18. The lowest BCUT2D eigenvalue weighted by Crippen LogP contribution is -2.17. The summed E-state index contributed by atoms with van der Waals surface area (Å²) in [6, 6.07) is 7.05. The highest BCUT2D eigenvalue weighted by Crippen LogP contribution is 2.16. The van der Waals surface area contributed by atoms with Crippen LogP contribution in [0.3, 0.4) is 0 Å². The van der Waals surface area contributed by atoms with E-state index in [4.69, 9.17) is 5.73 Å². The molecule has 0 aliphatic heterocycles. The minimum Gasteiger partial charge on any atom is -0.387 e. The first-order chi connectivity index (χ1) is 8.48. The number of hydrogen-bond acceptors (Lipinski definition) is 4. The van der Waals surface area contributed by atoms with Crippen LogP contribution in [0.2, 0.25) is 0 Å². The Bertz CT molecular complexity index is 454. The first-order valence-electron chi connectivity index (χ1n) is 6.16. The van der Waals surface area contributed by atoms with Crippen LogP contribution in [-0.4, -0.2) is 25.0 Å². The maximum absolute atomic E-state index is 11.7. The number of aliphatic hydroxyl groups excluding tert-OH is 1. The number of aliphatic hydroxyl groups is 1. The third-order valence-electron chi connectivity index (χ3n) is 2.82. The lowest BCUT2D eigenvalue weighted by Gasteiger charge is -2.12. The monoisotopic (exact) mass is 271 g/mol. The molecule has 1 rings (SSSR count). The highest BCUT2D eigenvalue weighted by molar-refractivity contribution is 7.91. The van der Waals surface area contributed by atoms with E-state index < -0.39 is 15.9 Å². The molecule has 1 aromatic rings. The summed E-state index contributed by atoms with van der Waals surface area (Å²) in [5, 5.41) is 9.91. The standard InChI is InChI=1S/C13H21NO3S/c1-2-3-8-18(16,17)10-13(15)12-6-4-11(9-14)5-7-12/h4-7,13,15H,2-3,8-10,14H2,1H3. The van der Waals surface area contributed by atoms with Crippen LogP contribution < -0.4 is 5.73 Å². The molecule has 0 bridgehead atoms. The Morgan fingerprint density at radius 3 is 2.39 bits per heavy atom. The van der Waals surface area contributed by atoms with Gasteiger partial charge in [0.15, 0.2) is 9.84 Å². The van der Waals surface area contributed by atoms with E-state index in [2.05, 4.69) is 0 Å². The molecule has 1 atom stereocenters. The largest absolute Gasteiger partial charge is 0.387 e. The zero-order valence-electron chi connectivity index (χ0n) is 10.7. The summed E-state index contributed by atoms with van der Waals surface area (Å²) in [4.78, 5) is 0. The molecule has 0 fully saturated rings. The van der Waals surface area contributed by atoms with Crippen LogP contribution >= 0.6 is 0 Å². The van der Waals surface area contributed by atoms with E-state index in [1.165, 1.54) is 0 Å². The van der Waals surface area contributed by atoms with Crippen LogP contribution in [0.15, 0.2) is 24.3 Å². The maximum atomic E-state index is 11.7. The summed E-state index contributed by atoms with van der Waals surface area (Å²) < 4.78 is 23.4. The Balaban J connectivity index is 2.66. The number of nitrogens with two attached hydrogens (primary N) is 1. The van der Waals surface area contributed by atoms with Gasteiger partial charge in [0, 0.05) is 6.54 Å². The number of unbranched alkanes of at least 4 members (excludes halogenated alkanes) is 1. The molecule has 0 saturated heterocycles. The molecule has 0 spiro atoms. The predicted molar refractivity (Wildman–Crippen MR) is 72.9 cm³/mol. The molecular formula is C13H21NO3S. The van der Waals surface area contributed by atoms with Gasteiger partial charge in [-0.15, -0.1) is 0 Å². The van der Waals surface area contributed by atoms with E-state index in [9.17, 15) is 13.5 Å². The zero-order chi connectivity index (χ0) is 13.6. The molecule has 0 heterocycles. The average Bonchev–Trinajstić information content (AvgIpc) is 2.36. The van der Waals surface area contributed by atoms with Gasteiger partial charge < -0.3 is 10.8 Å². The van der Waals surface area contributed by atoms with E-state index in [0.717, 1.165) is 12.0 Å². The zero-order valence-corrected chi connectivity index (χ0v) is 11.5. The van der Waals surface area contributed by atoms with Gasteiger partial charge in [-0.05, 0) is 17.5 Å². The first-order valence-corrected chi connectivity index (χ1v) is 7.98. The van der Waals surface area contributed by atoms with Gasteiger partial charge in [0.2, 0.25) is 0 Å². The van der Waals surface area contributed by atoms with Crippen LogP contribution in [0.4, 0.5) is 0 Å². The van der Waals surface area contributed by atoms with E-state index in [1.807, 2.05) is 6.92 Å². The third-order valence-corrected chi connectivity index (χ3v) is 4.56. The van der Waals surface area contributed by atoms with Gasteiger partial charge in [-0.2, -0.15) is 0 Å². The second kappa shape index (κ2) is 6.87. The van der Waals surface area contributed by atoms with Crippen molar-refractivity contribution >= 4 is 9.84 Å². The lowest BCUT2D eigenvalue weighted by atomic mass is 10.1. The molecule has 4 nitrogen and oxygen atoms in total. The third kappa shape index (κ3) is 4.76. The first kappa shape index (κ1) is 15.1. The second-order valence-electron chi connectivity index (χ2n) is 4.43. The Kier molecular flexibility index (Phi) is 5.78. The summed E-state index contributed by atoms with van der Waals surface area (Å²) in [5.74, 6) is -0.0730. The number of hydrogen-bond donors (Lipinski definition) is 2. The van der Waals surface area contributed by atoms with Crippen LogP contribution in [0.25, 0.3) is 0 Å². The number of benzene rings is 1. The molecule has 0 aliphatic carbocycles. The Morgan fingerprint density at radius 1 is 1.28 bits per heavy atom. The fourth-order valence-corrected chi connectivity index (χ4v) is 3.23.